The second kappa shape index (κ2) is 9.49. The van der Waals surface area contributed by atoms with Crippen molar-refractivity contribution in [2.24, 2.45) is 0 Å². The lowest BCUT2D eigenvalue weighted by Crippen LogP contribution is -2.14. The lowest BCUT2D eigenvalue weighted by Gasteiger charge is -2.11. The fraction of sp³-hybridized carbons (Fsp3) is 0.269. The Bertz CT molecular complexity index is 1390. The van der Waals surface area contributed by atoms with Crippen molar-refractivity contribution in [2.45, 2.75) is 46.5 Å². The van der Waals surface area contributed by atoms with E-state index in [1.165, 1.54) is 11.3 Å². The maximum atomic E-state index is 12.8. The van der Waals surface area contributed by atoms with Crippen LogP contribution in [0, 0.1) is 32.1 Å². The maximum Gasteiger partial charge on any atom is 0.339 e. The van der Waals surface area contributed by atoms with Crippen LogP contribution in [0.4, 0.5) is 5.69 Å². The summed E-state index contributed by atoms with van der Waals surface area (Å²) in [6.07, 6.45) is 5.28. The number of halogens is 1. The van der Waals surface area contributed by atoms with E-state index in [-0.39, 0.29) is 5.57 Å². The number of amides is 1. The van der Waals surface area contributed by atoms with E-state index in [2.05, 4.69) is 5.32 Å². The molecule has 0 saturated heterocycles. The van der Waals surface area contributed by atoms with Gasteiger partial charge >= 0.3 is 5.97 Å². The van der Waals surface area contributed by atoms with Crippen molar-refractivity contribution >= 4 is 46.6 Å². The molecular formula is C26H24ClN3O3S. The van der Waals surface area contributed by atoms with E-state index in [4.69, 9.17) is 11.6 Å². The first kappa shape index (κ1) is 23.8. The molecule has 2 heterocycles. The molecule has 0 radical (unpaired) electrons. The van der Waals surface area contributed by atoms with Crippen LogP contribution in [0.5, 0.6) is 0 Å². The summed E-state index contributed by atoms with van der Waals surface area (Å²) in [5.41, 5.74) is 4.93. The highest BCUT2D eigenvalue weighted by molar-refractivity contribution is 7.15. The summed E-state index contributed by atoms with van der Waals surface area (Å²) >= 11 is 7.57. The molecule has 0 spiro atoms. The number of hydrogen-bond donors (Lipinski definition) is 2. The predicted molar refractivity (Wildman–Crippen MR) is 135 cm³/mol. The first-order chi connectivity index (χ1) is 16.2. The Hall–Kier alpha value is -3.34. The molecule has 2 aromatic heterocycles. The molecule has 1 aromatic carbocycles. The molecule has 0 aliphatic heterocycles. The molecular weight excluding hydrogens is 470 g/mol. The zero-order valence-electron chi connectivity index (χ0n) is 19.2. The lowest BCUT2D eigenvalue weighted by atomic mass is 9.95. The molecule has 34 heavy (non-hydrogen) atoms. The minimum absolute atomic E-state index is 0.0523. The van der Waals surface area contributed by atoms with Gasteiger partial charge in [-0.2, -0.15) is 5.26 Å². The van der Waals surface area contributed by atoms with E-state index in [1.807, 2.05) is 37.5 Å². The van der Waals surface area contributed by atoms with Crippen LogP contribution in [-0.2, 0) is 17.6 Å². The largest absolute Gasteiger partial charge is 0.478 e. The molecule has 2 N–H and O–H groups in total. The quantitative estimate of drug-likeness (QED) is 0.325. The highest BCUT2D eigenvalue weighted by Crippen LogP contribution is 2.39. The number of aromatic nitrogens is 1. The summed E-state index contributed by atoms with van der Waals surface area (Å²) in [7, 11) is 0. The van der Waals surface area contributed by atoms with Gasteiger partial charge < -0.3 is 15.0 Å². The molecule has 1 aliphatic rings. The summed E-state index contributed by atoms with van der Waals surface area (Å²) < 4.78 is 1.92. The van der Waals surface area contributed by atoms with Gasteiger partial charge in [-0.25, -0.2) is 4.79 Å². The van der Waals surface area contributed by atoms with E-state index < -0.39 is 11.9 Å². The highest BCUT2D eigenvalue weighted by atomic mass is 35.5. The molecule has 0 fully saturated rings. The number of benzene rings is 1. The number of aryl methyl sites for hydroxylation is 3. The van der Waals surface area contributed by atoms with Crippen molar-refractivity contribution in [2.75, 3.05) is 5.32 Å². The fourth-order valence-electron chi connectivity index (χ4n) is 4.40. The molecule has 0 bridgehead atoms. The van der Waals surface area contributed by atoms with E-state index in [0.29, 0.717) is 26.8 Å². The van der Waals surface area contributed by atoms with Crippen molar-refractivity contribution in [3.63, 3.8) is 0 Å². The van der Waals surface area contributed by atoms with Gasteiger partial charge in [-0.05, 0) is 87.4 Å². The summed E-state index contributed by atoms with van der Waals surface area (Å²) in [5, 5.41) is 23.6. The van der Waals surface area contributed by atoms with Crippen molar-refractivity contribution in [3.05, 3.63) is 73.4 Å². The number of nitrogens with one attached hydrogen (secondary N) is 1. The first-order valence-electron chi connectivity index (χ1n) is 11.0. The zero-order valence-corrected chi connectivity index (χ0v) is 20.7. The van der Waals surface area contributed by atoms with Crippen molar-refractivity contribution in [1.82, 2.24) is 4.57 Å². The number of anilines is 1. The van der Waals surface area contributed by atoms with Crippen LogP contribution in [0.2, 0.25) is 5.02 Å². The number of carboxylic acid groups (broad SMARTS) is 1. The van der Waals surface area contributed by atoms with Crippen LogP contribution in [0.1, 0.15) is 56.2 Å². The average molecular weight is 494 g/mol. The van der Waals surface area contributed by atoms with Crippen molar-refractivity contribution < 1.29 is 14.7 Å². The first-order valence-corrected chi connectivity index (χ1v) is 12.2. The minimum atomic E-state index is -0.923. The van der Waals surface area contributed by atoms with E-state index in [9.17, 15) is 20.0 Å². The Morgan fingerprint density at radius 2 is 1.94 bits per heavy atom. The monoisotopic (exact) mass is 493 g/mol. The molecule has 8 heteroatoms. The van der Waals surface area contributed by atoms with Gasteiger partial charge in [0.05, 0.1) is 5.56 Å². The molecule has 0 unspecified atom stereocenters. The van der Waals surface area contributed by atoms with E-state index in [1.54, 1.807) is 24.3 Å². The molecule has 4 rings (SSSR count). The smallest absolute Gasteiger partial charge is 0.339 e. The molecule has 0 saturated carbocycles. The van der Waals surface area contributed by atoms with Gasteiger partial charge in [0.2, 0.25) is 0 Å². The average Bonchev–Trinajstić information content (AvgIpc) is 3.30. The Kier molecular flexibility index (Phi) is 6.65. The van der Waals surface area contributed by atoms with Crippen molar-refractivity contribution in [3.8, 4) is 11.1 Å². The number of fused-ring (bicyclic) bond motifs is 1. The summed E-state index contributed by atoms with van der Waals surface area (Å²) in [4.78, 5) is 26.1. The second-order valence-electron chi connectivity index (χ2n) is 8.44. The Morgan fingerprint density at radius 3 is 2.65 bits per heavy atom. The number of carbonyl (C=O) groups is 2. The number of carbonyl (C=O) groups excluding carboxylic acids is 1. The number of carboxylic acids is 1. The van der Waals surface area contributed by atoms with Crippen LogP contribution in [-0.4, -0.2) is 21.6 Å². The Morgan fingerprint density at radius 1 is 1.21 bits per heavy atom. The third-order valence-corrected chi connectivity index (χ3v) is 7.66. The number of nitrogens with zero attached hydrogens (tertiary/aromatic N) is 2. The topological polar surface area (TPSA) is 95.1 Å². The third kappa shape index (κ3) is 4.39. The standard InChI is InChI=1S/C26H24ClN3O3S/c1-14-8-9-19(27)12-21(14)29-24(31)18(13-28)11-17-10-15(2)30(16(17)3)25-23(26(32)33)20-6-4-5-7-22(20)34-25/h8-12H,4-7H2,1-3H3,(H,29,31)(H,32,33)/b18-11-. The molecule has 174 valence electrons. The summed E-state index contributed by atoms with van der Waals surface area (Å²) in [6, 6.07) is 9.02. The summed E-state index contributed by atoms with van der Waals surface area (Å²) in [6.45, 7) is 5.61. The Balaban J connectivity index is 1.73. The van der Waals surface area contributed by atoms with Gasteiger partial charge in [-0.15, -0.1) is 11.3 Å². The third-order valence-electron chi connectivity index (χ3n) is 6.15. The number of hydrogen-bond acceptors (Lipinski definition) is 4. The SMILES string of the molecule is Cc1ccc(Cl)cc1NC(=O)/C(C#N)=C\c1cc(C)n(-c2sc3c(c2C(=O)O)CCCC3)c1C. The lowest BCUT2D eigenvalue weighted by molar-refractivity contribution is -0.112. The van der Waals surface area contributed by atoms with Gasteiger partial charge in [0, 0.05) is 27.0 Å². The zero-order chi connectivity index (χ0) is 24.6. The molecule has 6 nitrogen and oxygen atoms in total. The second-order valence-corrected chi connectivity index (χ2v) is 9.96. The number of nitriles is 1. The molecule has 1 aliphatic carbocycles. The van der Waals surface area contributed by atoms with E-state index >= 15 is 0 Å². The van der Waals surface area contributed by atoms with Crippen molar-refractivity contribution in [1.29, 1.82) is 5.26 Å². The highest BCUT2D eigenvalue weighted by Gasteiger charge is 2.27. The van der Waals surface area contributed by atoms with Crippen LogP contribution >= 0.6 is 22.9 Å². The van der Waals surface area contributed by atoms with Gasteiger partial charge in [-0.1, -0.05) is 17.7 Å². The van der Waals surface area contributed by atoms with Crippen LogP contribution < -0.4 is 5.32 Å². The van der Waals surface area contributed by atoms with Gasteiger partial charge in [-0.3, -0.25) is 4.79 Å². The Labute approximate surface area is 207 Å². The molecule has 0 atom stereocenters. The number of thiophene rings is 1. The predicted octanol–water partition coefficient (Wildman–Crippen LogP) is 6.24. The maximum absolute atomic E-state index is 12.8. The van der Waals surface area contributed by atoms with Crippen LogP contribution in [0.3, 0.4) is 0 Å². The van der Waals surface area contributed by atoms with Gasteiger partial charge in [0.25, 0.3) is 5.91 Å². The molecule has 3 aromatic rings. The van der Waals surface area contributed by atoms with Gasteiger partial charge in [0.15, 0.2) is 0 Å². The van der Waals surface area contributed by atoms with Gasteiger partial charge in [0.1, 0.15) is 16.6 Å². The fourth-order valence-corrected chi connectivity index (χ4v) is 6.06. The minimum Gasteiger partial charge on any atom is -0.478 e. The molecule has 1 amide bonds. The van der Waals surface area contributed by atoms with E-state index in [0.717, 1.165) is 53.1 Å². The summed E-state index contributed by atoms with van der Waals surface area (Å²) in [5.74, 6) is -1.46. The number of rotatable bonds is 5. The normalized spacial score (nSPS) is 13.3. The van der Waals surface area contributed by atoms with Crippen LogP contribution in [0.25, 0.3) is 11.1 Å². The number of aromatic carboxylic acids is 1. The van der Waals surface area contributed by atoms with Crippen LogP contribution in [0.15, 0.2) is 29.8 Å².